The predicted molar refractivity (Wildman–Crippen MR) is 137 cm³/mol. The zero-order valence-corrected chi connectivity index (χ0v) is 20.5. The van der Waals surface area contributed by atoms with E-state index in [1.54, 1.807) is 0 Å². The fraction of sp³-hybridized carbons (Fsp3) is 0.444. The molecular formula is C27H34N2O4S. The minimum absolute atomic E-state index is 0.159. The van der Waals surface area contributed by atoms with E-state index in [0.717, 1.165) is 42.4 Å². The third kappa shape index (κ3) is 6.63. The average molecular weight is 483 g/mol. The van der Waals surface area contributed by atoms with E-state index in [1.165, 1.54) is 0 Å². The van der Waals surface area contributed by atoms with Crippen LogP contribution in [0.2, 0.25) is 0 Å². The molecule has 0 spiro atoms. The van der Waals surface area contributed by atoms with Crippen LogP contribution in [0.3, 0.4) is 0 Å². The number of carbonyl (C=O) groups excluding carboxylic acids is 2. The largest absolute Gasteiger partial charge is 0.480 e. The molecule has 3 N–H and O–H groups in total. The fourth-order valence-corrected chi connectivity index (χ4v) is 4.68. The maximum atomic E-state index is 13.3. The molecule has 1 aliphatic rings. The summed E-state index contributed by atoms with van der Waals surface area (Å²) in [7, 11) is 0. The highest BCUT2D eigenvalue weighted by atomic mass is 32.1. The normalized spacial score (nSPS) is 16.4. The molecule has 0 aromatic heterocycles. The molecule has 1 saturated carbocycles. The summed E-state index contributed by atoms with van der Waals surface area (Å²) < 4.78 is 0. The number of benzene rings is 2. The second-order valence-corrected chi connectivity index (χ2v) is 9.69. The van der Waals surface area contributed by atoms with Gasteiger partial charge in [-0.15, -0.1) is 0 Å². The van der Waals surface area contributed by atoms with Crippen molar-refractivity contribution in [1.82, 2.24) is 10.6 Å². The zero-order chi connectivity index (χ0) is 24.6. The van der Waals surface area contributed by atoms with Crippen LogP contribution in [0.1, 0.15) is 57.4 Å². The van der Waals surface area contributed by atoms with Gasteiger partial charge in [0.1, 0.15) is 11.6 Å². The van der Waals surface area contributed by atoms with Crippen molar-refractivity contribution in [2.24, 2.45) is 0 Å². The third-order valence-corrected chi connectivity index (χ3v) is 6.99. The van der Waals surface area contributed by atoms with Crippen molar-refractivity contribution in [2.75, 3.05) is 0 Å². The van der Waals surface area contributed by atoms with E-state index in [0.29, 0.717) is 19.3 Å². The summed E-state index contributed by atoms with van der Waals surface area (Å²) >= 11 is 4.40. The van der Waals surface area contributed by atoms with Gasteiger partial charge in [-0.2, -0.15) is 12.6 Å². The van der Waals surface area contributed by atoms with Crippen LogP contribution in [0.4, 0.5) is 0 Å². The minimum atomic E-state index is -1.10. The maximum Gasteiger partial charge on any atom is 0.326 e. The summed E-state index contributed by atoms with van der Waals surface area (Å²) in [6.07, 6.45) is 5.24. The van der Waals surface area contributed by atoms with E-state index in [-0.39, 0.29) is 12.3 Å². The van der Waals surface area contributed by atoms with Gasteiger partial charge >= 0.3 is 5.97 Å². The highest BCUT2D eigenvalue weighted by molar-refractivity contribution is 7.81. The highest BCUT2D eigenvalue weighted by Gasteiger charge is 2.44. The summed E-state index contributed by atoms with van der Waals surface area (Å²) in [5, 5.41) is 14.9. The van der Waals surface area contributed by atoms with E-state index in [2.05, 4.69) is 23.3 Å². The molecular weight excluding hydrogens is 448 g/mol. The molecule has 6 nitrogen and oxygen atoms in total. The number of carboxylic acids is 1. The van der Waals surface area contributed by atoms with E-state index in [4.69, 9.17) is 0 Å². The summed E-state index contributed by atoms with van der Waals surface area (Å²) in [4.78, 5) is 37.9. The Morgan fingerprint density at radius 3 is 2.21 bits per heavy atom. The molecule has 0 heterocycles. The average Bonchev–Trinajstić information content (AvgIpc) is 3.32. The molecule has 2 amide bonds. The first-order valence-corrected chi connectivity index (χ1v) is 12.5. The van der Waals surface area contributed by atoms with Gasteiger partial charge in [-0.3, -0.25) is 9.59 Å². The first kappa shape index (κ1) is 25.8. The Balaban J connectivity index is 1.68. The number of hydrogen-bond donors (Lipinski definition) is 4. The van der Waals surface area contributed by atoms with Gasteiger partial charge in [-0.1, -0.05) is 87.2 Å². The summed E-state index contributed by atoms with van der Waals surface area (Å²) in [6, 6.07) is 16.5. The number of aliphatic carboxylic acids is 1. The molecule has 1 fully saturated rings. The Morgan fingerprint density at radius 2 is 1.62 bits per heavy atom. The number of rotatable bonds is 11. The third-order valence-electron chi connectivity index (χ3n) is 6.49. The standard InChI is InChI=1S/C27H34N2O4S/c1-2-3-11-23(34)24(30)29-27(16-7-8-17-27)26(33)28-22(25(31)32)18-19-12-14-21(15-13-19)20-9-5-4-6-10-20/h4-6,9-10,12-15,22-23,34H,2-3,7-8,11,16-18H2,1H3,(H,28,33)(H,29,30)(H,31,32)/t22?,23-/m1/s1. The van der Waals surface area contributed by atoms with Crippen molar-refractivity contribution in [3.05, 3.63) is 60.2 Å². The van der Waals surface area contributed by atoms with Crippen LogP contribution >= 0.6 is 12.6 Å². The molecule has 2 atom stereocenters. The summed E-state index contributed by atoms with van der Waals surface area (Å²) in [6.45, 7) is 2.05. The van der Waals surface area contributed by atoms with Gasteiger partial charge in [0.15, 0.2) is 0 Å². The lowest BCUT2D eigenvalue weighted by Crippen LogP contribution is -2.61. The van der Waals surface area contributed by atoms with Crippen LogP contribution in [0, 0.1) is 0 Å². The van der Waals surface area contributed by atoms with E-state index >= 15 is 0 Å². The molecule has 1 unspecified atom stereocenters. The molecule has 1 aliphatic carbocycles. The molecule has 182 valence electrons. The SMILES string of the molecule is CCCC[C@@H](S)C(=O)NC1(C(=O)NC(Cc2ccc(-c3ccccc3)cc2)C(=O)O)CCCC1. The molecule has 0 radical (unpaired) electrons. The Morgan fingerprint density at radius 1 is 1.00 bits per heavy atom. The monoisotopic (exact) mass is 482 g/mol. The zero-order valence-electron chi connectivity index (χ0n) is 19.6. The second kappa shape index (κ2) is 12.1. The summed E-state index contributed by atoms with van der Waals surface area (Å²) in [5.41, 5.74) is 1.86. The predicted octanol–water partition coefficient (Wildman–Crippen LogP) is 4.38. The lowest BCUT2D eigenvalue weighted by Gasteiger charge is -2.31. The molecule has 0 bridgehead atoms. The van der Waals surface area contributed by atoms with E-state index < -0.39 is 28.7 Å². The molecule has 2 aromatic rings. The fourth-order valence-electron chi connectivity index (χ4n) is 4.43. The van der Waals surface area contributed by atoms with Crippen LogP contribution in [0.5, 0.6) is 0 Å². The number of hydrogen-bond acceptors (Lipinski definition) is 4. The number of carboxylic acid groups (broad SMARTS) is 1. The Labute approximate surface area is 206 Å². The van der Waals surface area contributed by atoms with Crippen LogP contribution < -0.4 is 10.6 Å². The number of unbranched alkanes of at least 4 members (excludes halogenated alkanes) is 1. The van der Waals surface area contributed by atoms with Crippen LogP contribution in [0.25, 0.3) is 11.1 Å². The number of nitrogens with one attached hydrogen (secondary N) is 2. The van der Waals surface area contributed by atoms with Gasteiger partial charge < -0.3 is 15.7 Å². The van der Waals surface area contributed by atoms with Crippen LogP contribution in [0.15, 0.2) is 54.6 Å². The number of carbonyl (C=O) groups is 3. The van der Waals surface area contributed by atoms with Crippen molar-refractivity contribution in [3.8, 4) is 11.1 Å². The first-order valence-electron chi connectivity index (χ1n) is 12.0. The molecule has 3 rings (SSSR count). The van der Waals surface area contributed by atoms with Gasteiger partial charge in [0.05, 0.1) is 5.25 Å². The molecule has 0 aliphatic heterocycles. The van der Waals surface area contributed by atoms with Crippen LogP contribution in [-0.4, -0.2) is 39.7 Å². The quantitative estimate of drug-likeness (QED) is 0.358. The summed E-state index contributed by atoms with van der Waals surface area (Å²) in [5.74, 6) is -1.80. The van der Waals surface area contributed by atoms with Gasteiger partial charge in [0.25, 0.3) is 0 Å². The van der Waals surface area contributed by atoms with Crippen molar-refractivity contribution in [3.63, 3.8) is 0 Å². The van der Waals surface area contributed by atoms with Crippen molar-refractivity contribution < 1.29 is 19.5 Å². The van der Waals surface area contributed by atoms with Crippen molar-refractivity contribution in [2.45, 2.75) is 75.1 Å². The molecule has 34 heavy (non-hydrogen) atoms. The first-order chi connectivity index (χ1) is 16.3. The van der Waals surface area contributed by atoms with Gasteiger partial charge in [-0.25, -0.2) is 4.79 Å². The second-order valence-electron chi connectivity index (χ2n) is 9.07. The Bertz CT molecular complexity index is 972. The van der Waals surface area contributed by atoms with Gasteiger partial charge in [0, 0.05) is 6.42 Å². The lowest BCUT2D eigenvalue weighted by molar-refractivity contribution is -0.143. The lowest BCUT2D eigenvalue weighted by atomic mass is 9.94. The van der Waals surface area contributed by atoms with Crippen LogP contribution in [-0.2, 0) is 20.8 Å². The van der Waals surface area contributed by atoms with E-state index in [1.807, 2.05) is 61.5 Å². The highest BCUT2D eigenvalue weighted by Crippen LogP contribution is 2.31. The molecule has 2 aromatic carbocycles. The number of thiol groups is 1. The van der Waals surface area contributed by atoms with Gasteiger partial charge in [-0.05, 0) is 36.0 Å². The molecule has 0 saturated heterocycles. The topological polar surface area (TPSA) is 95.5 Å². The number of amides is 2. The smallest absolute Gasteiger partial charge is 0.326 e. The molecule has 7 heteroatoms. The van der Waals surface area contributed by atoms with Gasteiger partial charge in [0.2, 0.25) is 11.8 Å². The minimum Gasteiger partial charge on any atom is -0.480 e. The van der Waals surface area contributed by atoms with E-state index in [9.17, 15) is 19.5 Å². The maximum absolute atomic E-state index is 13.3. The Kier molecular flexibility index (Phi) is 9.16. The van der Waals surface area contributed by atoms with Crippen molar-refractivity contribution in [1.29, 1.82) is 0 Å². The Hall–Kier alpha value is -2.80. The van der Waals surface area contributed by atoms with Crippen molar-refractivity contribution >= 4 is 30.4 Å².